The van der Waals surface area contributed by atoms with Crippen LogP contribution < -0.4 is 0 Å². The third-order valence-corrected chi connectivity index (χ3v) is 3.21. The Kier molecular flexibility index (Phi) is 2.83. The lowest BCUT2D eigenvalue weighted by Crippen LogP contribution is -2.12. The standard InChI is InChI=1S/C15H15N3O3/c1-15(2,3)14-16-9-5-4-8(6-10(9)17-14)12-7-11(13(19)20)18-21-12/h4-7H,1-3H3,(H,16,17)(H,19,20). The van der Waals surface area contributed by atoms with E-state index >= 15 is 0 Å². The second kappa shape index (κ2) is 4.44. The summed E-state index contributed by atoms with van der Waals surface area (Å²) in [6, 6.07) is 7.00. The number of carbonyl (C=O) groups is 1. The first kappa shape index (κ1) is 13.4. The lowest BCUT2D eigenvalue weighted by Gasteiger charge is -2.13. The highest BCUT2D eigenvalue weighted by molar-refractivity contribution is 5.87. The minimum atomic E-state index is -1.11. The number of aromatic nitrogens is 3. The minimum absolute atomic E-state index is 0.0676. The molecule has 0 radical (unpaired) electrons. The molecule has 2 N–H and O–H groups in total. The number of imidazole rings is 1. The normalized spacial score (nSPS) is 12.0. The van der Waals surface area contributed by atoms with Crippen molar-refractivity contribution in [1.82, 2.24) is 15.1 Å². The fourth-order valence-corrected chi connectivity index (χ4v) is 2.03. The highest BCUT2D eigenvalue weighted by atomic mass is 16.5. The maximum absolute atomic E-state index is 10.8. The number of benzene rings is 1. The van der Waals surface area contributed by atoms with Crippen LogP contribution in [0.4, 0.5) is 0 Å². The number of rotatable bonds is 2. The van der Waals surface area contributed by atoms with Crippen LogP contribution in [0.25, 0.3) is 22.4 Å². The molecule has 0 atom stereocenters. The van der Waals surface area contributed by atoms with Crippen molar-refractivity contribution in [1.29, 1.82) is 0 Å². The zero-order chi connectivity index (χ0) is 15.2. The van der Waals surface area contributed by atoms with E-state index in [2.05, 4.69) is 35.9 Å². The number of aromatic carboxylic acids is 1. The molecule has 2 heterocycles. The van der Waals surface area contributed by atoms with Crippen LogP contribution in [-0.2, 0) is 5.41 Å². The van der Waals surface area contributed by atoms with Crippen molar-refractivity contribution in [2.45, 2.75) is 26.2 Å². The summed E-state index contributed by atoms with van der Waals surface area (Å²) >= 11 is 0. The van der Waals surface area contributed by atoms with E-state index in [1.54, 1.807) is 0 Å². The molecule has 3 rings (SSSR count). The van der Waals surface area contributed by atoms with Gasteiger partial charge in [-0.05, 0) is 18.2 Å². The van der Waals surface area contributed by atoms with Crippen LogP contribution >= 0.6 is 0 Å². The molecule has 0 aliphatic heterocycles. The van der Waals surface area contributed by atoms with Gasteiger partial charge in [-0.25, -0.2) is 9.78 Å². The monoisotopic (exact) mass is 285 g/mol. The van der Waals surface area contributed by atoms with Crippen molar-refractivity contribution >= 4 is 17.0 Å². The van der Waals surface area contributed by atoms with Crippen molar-refractivity contribution in [3.05, 3.63) is 35.8 Å². The Hall–Kier alpha value is -2.63. The van der Waals surface area contributed by atoms with Gasteiger partial charge in [-0.2, -0.15) is 0 Å². The summed E-state index contributed by atoms with van der Waals surface area (Å²) in [4.78, 5) is 18.7. The molecule has 6 heteroatoms. The van der Waals surface area contributed by atoms with Gasteiger partial charge in [0.25, 0.3) is 0 Å². The van der Waals surface area contributed by atoms with E-state index in [0.29, 0.717) is 5.76 Å². The van der Waals surface area contributed by atoms with Gasteiger partial charge in [-0.1, -0.05) is 25.9 Å². The average molecular weight is 285 g/mol. The quantitative estimate of drug-likeness (QED) is 0.754. The number of hydrogen-bond acceptors (Lipinski definition) is 4. The molecule has 1 aromatic carbocycles. The number of H-pyrrole nitrogens is 1. The van der Waals surface area contributed by atoms with Crippen molar-refractivity contribution in [2.75, 3.05) is 0 Å². The summed E-state index contributed by atoms with van der Waals surface area (Å²) in [6.07, 6.45) is 0. The zero-order valence-electron chi connectivity index (χ0n) is 12.0. The van der Waals surface area contributed by atoms with Crippen molar-refractivity contribution in [2.24, 2.45) is 0 Å². The van der Waals surface area contributed by atoms with Crippen LogP contribution in [0.5, 0.6) is 0 Å². The van der Waals surface area contributed by atoms with E-state index in [4.69, 9.17) is 9.63 Å². The van der Waals surface area contributed by atoms with Gasteiger partial charge in [-0.15, -0.1) is 0 Å². The molecule has 21 heavy (non-hydrogen) atoms. The van der Waals surface area contributed by atoms with Crippen LogP contribution in [0, 0.1) is 0 Å². The molecular weight excluding hydrogens is 270 g/mol. The number of nitrogens with one attached hydrogen (secondary N) is 1. The molecule has 0 aliphatic carbocycles. The number of carboxylic acids is 1. The summed E-state index contributed by atoms with van der Waals surface area (Å²) in [5, 5.41) is 12.4. The first-order valence-corrected chi connectivity index (χ1v) is 6.55. The van der Waals surface area contributed by atoms with E-state index in [9.17, 15) is 4.79 Å². The Morgan fingerprint density at radius 2 is 2.05 bits per heavy atom. The zero-order valence-corrected chi connectivity index (χ0v) is 12.0. The number of aromatic amines is 1. The Morgan fingerprint density at radius 3 is 2.67 bits per heavy atom. The maximum atomic E-state index is 10.8. The number of carboxylic acid groups (broad SMARTS) is 1. The molecule has 0 unspecified atom stereocenters. The molecule has 3 aromatic rings. The molecule has 108 valence electrons. The molecule has 0 aliphatic rings. The SMILES string of the molecule is CC(C)(C)c1nc2ccc(-c3cc(C(=O)O)no3)cc2[nH]1. The van der Waals surface area contributed by atoms with Gasteiger partial charge >= 0.3 is 5.97 Å². The predicted molar refractivity (Wildman–Crippen MR) is 77.3 cm³/mol. The number of hydrogen-bond donors (Lipinski definition) is 2. The van der Waals surface area contributed by atoms with Gasteiger partial charge < -0.3 is 14.6 Å². The largest absolute Gasteiger partial charge is 0.476 e. The highest BCUT2D eigenvalue weighted by Crippen LogP contribution is 2.27. The first-order valence-electron chi connectivity index (χ1n) is 6.55. The Labute approximate surface area is 120 Å². The molecule has 0 fully saturated rings. The first-order chi connectivity index (χ1) is 9.84. The highest BCUT2D eigenvalue weighted by Gasteiger charge is 2.19. The minimum Gasteiger partial charge on any atom is -0.476 e. The summed E-state index contributed by atoms with van der Waals surface area (Å²) in [6.45, 7) is 6.25. The van der Waals surface area contributed by atoms with E-state index in [1.807, 2.05) is 18.2 Å². The molecule has 0 bridgehead atoms. The van der Waals surface area contributed by atoms with Gasteiger partial charge in [-0.3, -0.25) is 0 Å². The van der Waals surface area contributed by atoms with E-state index in [0.717, 1.165) is 22.4 Å². The number of nitrogens with zero attached hydrogens (tertiary/aromatic N) is 2. The fraction of sp³-hybridized carbons (Fsp3) is 0.267. The molecule has 6 nitrogen and oxygen atoms in total. The second-order valence-electron chi connectivity index (χ2n) is 5.95. The second-order valence-corrected chi connectivity index (χ2v) is 5.95. The molecular formula is C15H15N3O3. The summed E-state index contributed by atoms with van der Waals surface area (Å²) in [5.74, 6) is 0.210. The summed E-state index contributed by atoms with van der Waals surface area (Å²) in [5.41, 5.74) is 2.33. The van der Waals surface area contributed by atoms with E-state index in [1.165, 1.54) is 6.07 Å². The van der Waals surface area contributed by atoms with E-state index < -0.39 is 5.97 Å². The van der Waals surface area contributed by atoms with Crippen LogP contribution in [0.15, 0.2) is 28.8 Å². The van der Waals surface area contributed by atoms with Gasteiger partial charge in [0, 0.05) is 17.0 Å². The topological polar surface area (TPSA) is 92.0 Å². The molecule has 0 amide bonds. The Balaban J connectivity index is 2.05. The van der Waals surface area contributed by atoms with Crippen LogP contribution in [-0.4, -0.2) is 26.2 Å². The van der Waals surface area contributed by atoms with Crippen LogP contribution in [0.2, 0.25) is 0 Å². The molecule has 0 saturated carbocycles. The van der Waals surface area contributed by atoms with Crippen LogP contribution in [0.3, 0.4) is 0 Å². The third kappa shape index (κ3) is 2.40. The average Bonchev–Trinajstić information content (AvgIpc) is 3.04. The predicted octanol–water partition coefficient (Wildman–Crippen LogP) is 3.21. The molecule has 2 aromatic heterocycles. The lowest BCUT2D eigenvalue weighted by atomic mass is 9.96. The van der Waals surface area contributed by atoms with Crippen LogP contribution in [0.1, 0.15) is 37.1 Å². The van der Waals surface area contributed by atoms with Gasteiger partial charge in [0.1, 0.15) is 5.82 Å². The van der Waals surface area contributed by atoms with Crippen molar-refractivity contribution in [3.8, 4) is 11.3 Å². The molecule has 0 saturated heterocycles. The number of fused-ring (bicyclic) bond motifs is 1. The van der Waals surface area contributed by atoms with Crippen molar-refractivity contribution < 1.29 is 14.4 Å². The summed E-state index contributed by atoms with van der Waals surface area (Å²) in [7, 11) is 0. The Morgan fingerprint density at radius 1 is 1.29 bits per heavy atom. The molecule has 0 spiro atoms. The smallest absolute Gasteiger partial charge is 0.358 e. The van der Waals surface area contributed by atoms with E-state index in [-0.39, 0.29) is 11.1 Å². The van der Waals surface area contributed by atoms with Gasteiger partial charge in [0.15, 0.2) is 11.5 Å². The van der Waals surface area contributed by atoms with Gasteiger partial charge in [0.05, 0.1) is 11.0 Å². The maximum Gasteiger partial charge on any atom is 0.358 e. The lowest BCUT2D eigenvalue weighted by molar-refractivity contribution is 0.0686. The van der Waals surface area contributed by atoms with Gasteiger partial charge in [0.2, 0.25) is 0 Å². The van der Waals surface area contributed by atoms with Crippen molar-refractivity contribution in [3.63, 3.8) is 0 Å². The third-order valence-electron chi connectivity index (χ3n) is 3.21. The Bertz CT molecular complexity index is 824. The summed E-state index contributed by atoms with van der Waals surface area (Å²) < 4.78 is 5.07. The fourth-order valence-electron chi connectivity index (χ4n) is 2.03.